The number of halogens is 1. The third kappa shape index (κ3) is 9.23. The molecule has 47 heavy (non-hydrogen) atoms. The third-order valence-electron chi connectivity index (χ3n) is 8.04. The number of nitrogens with one attached hydrogen (secondary N) is 1. The Morgan fingerprint density at radius 2 is 1.83 bits per heavy atom. The third-order valence-corrected chi connectivity index (χ3v) is 11.0. The van der Waals surface area contributed by atoms with E-state index in [9.17, 15) is 23.1 Å². The van der Waals surface area contributed by atoms with Crippen molar-refractivity contribution in [2.75, 3.05) is 31.9 Å². The summed E-state index contributed by atoms with van der Waals surface area (Å²) in [4.78, 5) is 35.3. The van der Waals surface area contributed by atoms with Crippen LogP contribution in [0.3, 0.4) is 0 Å². The van der Waals surface area contributed by atoms with Gasteiger partial charge in [0.1, 0.15) is 6.04 Å². The predicted molar refractivity (Wildman–Crippen MR) is 186 cm³/mol. The summed E-state index contributed by atoms with van der Waals surface area (Å²) in [7, 11) is -4.09. The van der Waals surface area contributed by atoms with Crippen molar-refractivity contribution < 1.29 is 23.1 Å². The summed E-state index contributed by atoms with van der Waals surface area (Å²) < 4.78 is 28.9. The highest BCUT2D eigenvalue weighted by atomic mass is 35.5. The molecule has 256 valence electrons. The number of amides is 3. The Labute approximate surface area is 286 Å². The van der Waals surface area contributed by atoms with E-state index >= 15 is 0 Å². The SMILES string of the molecule is Cc1nc(CN2CCN([C@H](C(=O)N[C@@H](Cc3ccccc3)[C@@H](O)CN(CC(C)C)S(=O)(=O)c3ccc(Cl)c(N)c3)C(C)C)C2=O)cs1. The summed E-state index contributed by atoms with van der Waals surface area (Å²) in [5, 5.41) is 17.8. The smallest absolute Gasteiger partial charge is 0.321 e. The number of benzene rings is 2. The average molecular weight is 705 g/mol. The standard InChI is InChI=1S/C33H45ClN6O5S2/c1-21(2)17-39(47(44,45)26-11-12-27(34)28(35)16-26)19-30(41)29(15-24-9-7-6-8-10-24)37-32(42)31(22(3)4)40-14-13-38(33(40)43)18-25-20-46-23(5)36-25/h6-12,16,20-22,29-31,41H,13-15,17-19,35H2,1-5H3,(H,37,42)/t29-,30-,31-/m0/s1. The minimum atomic E-state index is -4.09. The number of anilines is 1. The lowest BCUT2D eigenvalue weighted by molar-refractivity contribution is -0.128. The molecule has 1 aromatic heterocycles. The molecule has 0 unspecified atom stereocenters. The Hall–Kier alpha value is -3.23. The van der Waals surface area contributed by atoms with E-state index in [1.54, 1.807) is 9.80 Å². The molecule has 4 N–H and O–H groups in total. The van der Waals surface area contributed by atoms with Crippen molar-refractivity contribution in [3.8, 4) is 0 Å². The van der Waals surface area contributed by atoms with Gasteiger partial charge >= 0.3 is 6.03 Å². The van der Waals surface area contributed by atoms with Crippen molar-refractivity contribution in [1.29, 1.82) is 0 Å². The van der Waals surface area contributed by atoms with E-state index in [0.717, 1.165) is 16.3 Å². The number of carbonyl (C=O) groups excluding carboxylic acids is 2. The second-order valence-corrected chi connectivity index (χ2v) is 16.1. The molecule has 2 heterocycles. The number of hydrogen-bond acceptors (Lipinski definition) is 8. The minimum absolute atomic E-state index is 0.0410. The van der Waals surface area contributed by atoms with Crippen molar-refractivity contribution in [3.63, 3.8) is 0 Å². The first-order valence-electron chi connectivity index (χ1n) is 15.7. The first-order chi connectivity index (χ1) is 22.2. The van der Waals surface area contributed by atoms with Crippen molar-refractivity contribution in [2.24, 2.45) is 11.8 Å². The Bertz CT molecular complexity index is 1640. The number of hydrogen-bond donors (Lipinski definition) is 3. The highest BCUT2D eigenvalue weighted by Gasteiger charge is 2.40. The summed E-state index contributed by atoms with van der Waals surface area (Å²) in [5.41, 5.74) is 7.71. The van der Waals surface area contributed by atoms with Gasteiger partial charge in [-0.15, -0.1) is 11.3 Å². The number of urea groups is 1. The van der Waals surface area contributed by atoms with E-state index in [1.807, 2.05) is 70.3 Å². The highest BCUT2D eigenvalue weighted by Crippen LogP contribution is 2.26. The maximum absolute atomic E-state index is 14.0. The highest BCUT2D eigenvalue weighted by molar-refractivity contribution is 7.89. The molecule has 3 atom stereocenters. The number of nitrogens with zero attached hydrogens (tertiary/aromatic N) is 4. The minimum Gasteiger partial charge on any atom is -0.397 e. The van der Waals surface area contributed by atoms with Crippen LogP contribution in [0.4, 0.5) is 10.5 Å². The second kappa shape index (κ2) is 15.8. The van der Waals surface area contributed by atoms with Crippen LogP contribution in [0.2, 0.25) is 5.02 Å². The number of sulfonamides is 1. The lowest BCUT2D eigenvalue weighted by Gasteiger charge is -2.34. The number of aromatic nitrogens is 1. The zero-order valence-electron chi connectivity index (χ0n) is 27.5. The van der Waals surface area contributed by atoms with Gasteiger partial charge in [-0.3, -0.25) is 4.79 Å². The number of thiazole rings is 1. The van der Waals surface area contributed by atoms with Gasteiger partial charge in [-0.25, -0.2) is 18.2 Å². The van der Waals surface area contributed by atoms with Gasteiger partial charge in [0.05, 0.1) is 45.0 Å². The molecule has 1 fully saturated rings. The Balaban J connectivity index is 1.58. The number of nitrogen functional groups attached to an aromatic ring is 1. The predicted octanol–water partition coefficient (Wildman–Crippen LogP) is 4.38. The van der Waals surface area contributed by atoms with Crippen molar-refractivity contribution >= 4 is 50.6 Å². The summed E-state index contributed by atoms with van der Waals surface area (Å²) in [6.07, 6.45) is -1.05. The van der Waals surface area contributed by atoms with Crippen LogP contribution in [0.5, 0.6) is 0 Å². The number of aliphatic hydroxyl groups is 1. The molecule has 0 bridgehead atoms. The lowest BCUT2D eigenvalue weighted by atomic mass is 9.97. The number of aryl methyl sites for hydroxylation is 1. The molecule has 3 aromatic rings. The number of rotatable bonds is 15. The van der Waals surface area contributed by atoms with Gasteiger partial charge in [0, 0.05) is 31.6 Å². The lowest BCUT2D eigenvalue weighted by Crippen LogP contribution is -2.57. The molecular formula is C33H45ClN6O5S2. The molecular weight excluding hydrogens is 660 g/mol. The van der Waals surface area contributed by atoms with Crippen LogP contribution < -0.4 is 11.1 Å². The van der Waals surface area contributed by atoms with Gasteiger partial charge in [0.15, 0.2) is 0 Å². The fraction of sp³-hybridized carbons (Fsp3) is 0.485. The van der Waals surface area contributed by atoms with Crippen molar-refractivity contribution in [3.05, 3.63) is 75.2 Å². The van der Waals surface area contributed by atoms with E-state index in [-0.39, 0.29) is 53.0 Å². The zero-order chi connectivity index (χ0) is 34.5. The molecule has 0 radical (unpaired) electrons. The number of nitrogens with two attached hydrogens (primary N) is 1. The fourth-order valence-corrected chi connectivity index (χ4v) is 8.13. The van der Waals surface area contributed by atoms with Crippen LogP contribution >= 0.6 is 22.9 Å². The van der Waals surface area contributed by atoms with Crippen molar-refractivity contribution in [2.45, 2.75) is 70.7 Å². The first-order valence-corrected chi connectivity index (χ1v) is 18.4. The van der Waals surface area contributed by atoms with E-state index in [2.05, 4.69) is 10.3 Å². The summed E-state index contributed by atoms with van der Waals surface area (Å²) >= 11 is 7.57. The Kier molecular flexibility index (Phi) is 12.3. The zero-order valence-corrected chi connectivity index (χ0v) is 29.9. The van der Waals surface area contributed by atoms with Gasteiger partial charge < -0.3 is 26.0 Å². The Morgan fingerprint density at radius 3 is 2.43 bits per heavy atom. The molecule has 2 aromatic carbocycles. The van der Waals surface area contributed by atoms with E-state index in [1.165, 1.54) is 33.8 Å². The van der Waals surface area contributed by atoms with Crippen molar-refractivity contribution in [1.82, 2.24) is 24.4 Å². The topological polar surface area (TPSA) is 149 Å². The van der Waals surface area contributed by atoms with Gasteiger partial charge in [0.2, 0.25) is 15.9 Å². The molecule has 3 amide bonds. The van der Waals surface area contributed by atoms with Crippen LogP contribution in [0.25, 0.3) is 0 Å². The normalized spacial score (nSPS) is 15.9. The van der Waals surface area contributed by atoms with Crippen LogP contribution in [0.15, 0.2) is 58.8 Å². The monoisotopic (exact) mass is 704 g/mol. The second-order valence-electron chi connectivity index (χ2n) is 12.7. The van der Waals surface area contributed by atoms with Gasteiger partial charge in [-0.2, -0.15) is 4.31 Å². The molecule has 0 spiro atoms. The maximum Gasteiger partial charge on any atom is 0.321 e. The first kappa shape index (κ1) is 36.6. The molecule has 0 aliphatic carbocycles. The van der Waals surface area contributed by atoms with Crippen LogP contribution in [-0.2, 0) is 27.8 Å². The fourth-order valence-electron chi connectivity index (χ4n) is 5.75. The summed E-state index contributed by atoms with van der Waals surface area (Å²) in [6, 6.07) is 11.6. The Morgan fingerprint density at radius 1 is 1.13 bits per heavy atom. The van der Waals surface area contributed by atoms with Gasteiger partial charge in [0.25, 0.3) is 0 Å². The van der Waals surface area contributed by atoms with Gasteiger partial charge in [-0.05, 0) is 48.9 Å². The molecule has 0 saturated carbocycles. The van der Waals surface area contributed by atoms with Crippen LogP contribution in [0, 0.1) is 18.8 Å². The largest absolute Gasteiger partial charge is 0.397 e. The number of aliphatic hydroxyl groups excluding tert-OH is 1. The summed E-state index contributed by atoms with van der Waals surface area (Å²) in [6.45, 7) is 10.5. The molecule has 11 nitrogen and oxygen atoms in total. The molecule has 4 rings (SSSR count). The van der Waals surface area contributed by atoms with Crippen LogP contribution in [0.1, 0.15) is 44.0 Å². The van der Waals surface area contributed by atoms with Crippen LogP contribution in [-0.4, -0.2) is 88.9 Å². The maximum atomic E-state index is 14.0. The van der Waals surface area contributed by atoms with E-state index in [0.29, 0.717) is 19.6 Å². The molecule has 14 heteroatoms. The molecule has 1 aliphatic rings. The summed E-state index contributed by atoms with van der Waals surface area (Å²) in [5.74, 6) is -0.710. The van der Waals surface area contributed by atoms with E-state index in [4.69, 9.17) is 17.3 Å². The van der Waals surface area contributed by atoms with Gasteiger partial charge in [-0.1, -0.05) is 69.6 Å². The number of carbonyl (C=O) groups is 2. The average Bonchev–Trinajstić information content (AvgIpc) is 3.58. The quantitative estimate of drug-likeness (QED) is 0.199. The van der Waals surface area contributed by atoms with E-state index < -0.39 is 34.1 Å². The molecule has 1 aliphatic heterocycles. The molecule has 1 saturated heterocycles.